The molecular formula is C17H16ClN5O. The van der Waals surface area contributed by atoms with Crippen molar-refractivity contribution >= 4 is 17.5 Å². The molecule has 1 N–H and O–H groups in total. The van der Waals surface area contributed by atoms with Gasteiger partial charge in [-0.25, -0.2) is 4.68 Å². The zero-order chi connectivity index (χ0) is 16.9. The van der Waals surface area contributed by atoms with E-state index in [1.165, 1.54) is 4.68 Å². The Hall–Kier alpha value is -2.73. The summed E-state index contributed by atoms with van der Waals surface area (Å²) in [7, 11) is 0. The highest BCUT2D eigenvalue weighted by Gasteiger charge is 2.17. The van der Waals surface area contributed by atoms with Gasteiger partial charge in [-0.1, -0.05) is 35.9 Å². The van der Waals surface area contributed by atoms with E-state index in [2.05, 4.69) is 20.6 Å². The fraction of sp³-hybridized carbons (Fsp3) is 0.176. The lowest BCUT2D eigenvalue weighted by atomic mass is 10.1. The molecule has 0 bridgehead atoms. The SMILES string of the molecule is CC[C@@H](NC(=O)c1cn(-c2ccccc2Cl)nn1)c1ccncc1. The standard InChI is InChI=1S/C17H16ClN5O/c1-2-14(12-7-9-19-10-8-12)20-17(24)15-11-23(22-21-15)16-6-4-3-5-13(16)18/h3-11,14H,2H2,1H3,(H,20,24)/t14-/m1/s1. The summed E-state index contributed by atoms with van der Waals surface area (Å²) in [6, 6.07) is 10.9. The first-order valence-corrected chi connectivity index (χ1v) is 7.95. The largest absolute Gasteiger partial charge is 0.344 e. The molecule has 0 aliphatic rings. The minimum Gasteiger partial charge on any atom is -0.344 e. The molecule has 1 atom stereocenters. The van der Waals surface area contributed by atoms with Gasteiger partial charge in [0.05, 0.1) is 22.9 Å². The average molecular weight is 342 g/mol. The summed E-state index contributed by atoms with van der Waals surface area (Å²) in [5.74, 6) is -0.281. The molecule has 1 aromatic carbocycles. The molecule has 3 aromatic rings. The third kappa shape index (κ3) is 3.44. The number of aromatic nitrogens is 4. The molecular weight excluding hydrogens is 326 g/mol. The van der Waals surface area contributed by atoms with Crippen molar-refractivity contribution in [3.8, 4) is 5.69 Å². The van der Waals surface area contributed by atoms with Crippen LogP contribution in [-0.2, 0) is 0 Å². The minimum absolute atomic E-state index is 0.106. The molecule has 7 heteroatoms. The third-order valence-electron chi connectivity index (χ3n) is 3.65. The highest BCUT2D eigenvalue weighted by Crippen LogP contribution is 2.19. The van der Waals surface area contributed by atoms with Crippen molar-refractivity contribution in [1.29, 1.82) is 0 Å². The van der Waals surface area contributed by atoms with Gasteiger partial charge in [-0.15, -0.1) is 5.10 Å². The van der Waals surface area contributed by atoms with E-state index in [0.717, 1.165) is 12.0 Å². The Bertz CT molecular complexity index is 834. The highest BCUT2D eigenvalue weighted by molar-refractivity contribution is 6.32. The molecule has 0 aliphatic carbocycles. The molecule has 122 valence electrons. The number of halogens is 1. The predicted molar refractivity (Wildman–Crippen MR) is 91.1 cm³/mol. The van der Waals surface area contributed by atoms with E-state index in [9.17, 15) is 4.79 Å². The van der Waals surface area contributed by atoms with Crippen molar-refractivity contribution in [2.75, 3.05) is 0 Å². The number of rotatable bonds is 5. The number of amides is 1. The highest BCUT2D eigenvalue weighted by atomic mass is 35.5. The summed E-state index contributed by atoms with van der Waals surface area (Å²) in [5.41, 5.74) is 1.91. The molecule has 2 heterocycles. The van der Waals surface area contributed by atoms with Gasteiger partial charge in [0.1, 0.15) is 0 Å². The molecule has 6 nitrogen and oxygen atoms in total. The number of carbonyl (C=O) groups excluding carboxylic acids is 1. The first kappa shape index (κ1) is 16.1. The van der Waals surface area contributed by atoms with Crippen LogP contribution in [0.4, 0.5) is 0 Å². The van der Waals surface area contributed by atoms with E-state index in [4.69, 9.17) is 11.6 Å². The average Bonchev–Trinajstić information content (AvgIpc) is 3.10. The quantitative estimate of drug-likeness (QED) is 0.773. The summed E-state index contributed by atoms with van der Waals surface area (Å²) in [6.45, 7) is 2.01. The van der Waals surface area contributed by atoms with Crippen LogP contribution in [0.5, 0.6) is 0 Å². The molecule has 0 spiro atoms. The fourth-order valence-electron chi connectivity index (χ4n) is 2.37. The van der Waals surface area contributed by atoms with Crippen LogP contribution in [0.2, 0.25) is 5.02 Å². The molecule has 3 rings (SSSR count). The number of carbonyl (C=O) groups is 1. The van der Waals surface area contributed by atoms with E-state index in [-0.39, 0.29) is 17.6 Å². The monoisotopic (exact) mass is 341 g/mol. The van der Waals surface area contributed by atoms with Crippen LogP contribution in [0.1, 0.15) is 35.4 Å². The van der Waals surface area contributed by atoms with Crippen LogP contribution in [0, 0.1) is 0 Å². The van der Waals surface area contributed by atoms with E-state index in [1.54, 1.807) is 24.7 Å². The molecule has 1 amide bonds. The van der Waals surface area contributed by atoms with Crippen LogP contribution in [0.3, 0.4) is 0 Å². The first-order valence-electron chi connectivity index (χ1n) is 7.57. The maximum atomic E-state index is 12.4. The van der Waals surface area contributed by atoms with Crippen LogP contribution in [0.15, 0.2) is 55.0 Å². The summed E-state index contributed by atoms with van der Waals surface area (Å²) in [5, 5.41) is 11.4. The zero-order valence-electron chi connectivity index (χ0n) is 13.1. The maximum Gasteiger partial charge on any atom is 0.273 e. The van der Waals surface area contributed by atoms with Gasteiger partial charge >= 0.3 is 0 Å². The Morgan fingerprint density at radius 3 is 2.71 bits per heavy atom. The summed E-state index contributed by atoms with van der Waals surface area (Å²) in [6.07, 6.45) is 5.74. The van der Waals surface area contributed by atoms with Gasteiger partial charge in [0, 0.05) is 12.4 Å². The number of para-hydroxylation sites is 1. The Kier molecular flexibility index (Phi) is 4.86. The van der Waals surface area contributed by atoms with Crippen LogP contribution < -0.4 is 5.32 Å². The lowest BCUT2D eigenvalue weighted by Gasteiger charge is -2.16. The normalized spacial score (nSPS) is 11.9. The van der Waals surface area contributed by atoms with Gasteiger partial charge in [-0.2, -0.15) is 0 Å². The van der Waals surface area contributed by atoms with Gasteiger partial charge in [0.25, 0.3) is 5.91 Å². The summed E-state index contributed by atoms with van der Waals surface area (Å²) in [4.78, 5) is 16.4. The smallest absolute Gasteiger partial charge is 0.273 e. The number of nitrogens with one attached hydrogen (secondary N) is 1. The third-order valence-corrected chi connectivity index (χ3v) is 3.97. The van der Waals surface area contributed by atoms with Gasteiger partial charge < -0.3 is 5.32 Å². The van der Waals surface area contributed by atoms with E-state index >= 15 is 0 Å². The number of nitrogens with zero attached hydrogens (tertiary/aromatic N) is 4. The molecule has 0 saturated heterocycles. The van der Waals surface area contributed by atoms with Crippen LogP contribution in [-0.4, -0.2) is 25.9 Å². The molecule has 0 fully saturated rings. The van der Waals surface area contributed by atoms with Crippen molar-refractivity contribution in [2.24, 2.45) is 0 Å². The first-order chi connectivity index (χ1) is 11.7. The number of pyridine rings is 1. The Balaban J connectivity index is 1.78. The second-order valence-electron chi connectivity index (χ2n) is 5.21. The van der Waals surface area contributed by atoms with Crippen LogP contribution >= 0.6 is 11.6 Å². The van der Waals surface area contributed by atoms with Gasteiger partial charge in [0.2, 0.25) is 0 Å². The van der Waals surface area contributed by atoms with E-state index in [0.29, 0.717) is 10.7 Å². The number of hydrogen-bond donors (Lipinski definition) is 1. The van der Waals surface area contributed by atoms with E-state index in [1.807, 2.05) is 37.3 Å². The molecule has 0 saturated carbocycles. The Labute approximate surface area is 144 Å². The van der Waals surface area contributed by atoms with E-state index < -0.39 is 0 Å². The lowest BCUT2D eigenvalue weighted by molar-refractivity contribution is 0.0930. The number of hydrogen-bond acceptors (Lipinski definition) is 4. The van der Waals surface area contributed by atoms with Crippen molar-refractivity contribution < 1.29 is 4.79 Å². The topological polar surface area (TPSA) is 72.7 Å². The van der Waals surface area contributed by atoms with Gasteiger partial charge in [0.15, 0.2) is 5.69 Å². The molecule has 0 radical (unpaired) electrons. The van der Waals surface area contributed by atoms with Crippen molar-refractivity contribution in [3.63, 3.8) is 0 Å². The lowest BCUT2D eigenvalue weighted by Crippen LogP contribution is -2.28. The Morgan fingerprint density at radius 2 is 2.00 bits per heavy atom. The number of benzene rings is 1. The molecule has 2 aromatic heterocycles. The summed E-state index contributed by atoms with van der Waals surface area (Å²) < 4.78 is 1.49. The Morgan fingerprint density at radius 1 is 1.25 bits per heavy atom. The molecule has 24 heavy (non-hydrogen) atoms. The summed E-state index contributed by atoms with van der Waals surface area (Å²) >= 11 is 6.14. The van der Waals surface area contributed by atoms with Crippen molar-refractivity contribution in [2.45, 2.75) is 19.4 Å². The van der Waals surface area contributed by atoms with Crippen LogP contribution in [0.25, 0.3) is 5.69 Å². The van der Waals surface area contributed by atoms with Gasteiger partial charge in [-0.3, -0.25) is 9.78 Å². The van der Waals surface area contributed by atoms with Crippen molar-refractivity contribution in [3.05, 3.63) is 71.3 Å². The zero-order valence-corrected chi connectivity index (χ0v) is 13.8. The van der Waals surface area contributed by atoms with Crippen molar-refractivity contribution in [1.82, 2.24) is 25.3 Å². The molecule has 0 unspecified atom stereocenters. The molecule has 0 aliphatic heterocycles. The maximum absolute atomic E-state index is 12.4. The second kappa shape index (κ2) is 7.23. The van der Waals surface area contributed by atoms with Gasteiger partial charge in [-0.05, 0) is 36.2 Å². The predicted octanol–water partition coefficient (Wildman–Crippen LogP) is 3.20. The fourth-order valence-corrected chi connectivity index (χ4v) is 2.59. The second-order valence-corrected chi connectivity index (χ2v) is 5.62. The minimum atomic E-state index is -0.281.